The fourth-order valence-corrected chi connectivity index (χ4v) is 2.80. The second-order valence-electron chi connectivity index (χ2n) is 6.29. The minimum atomic E-state index is -0.602. The Labute approximate surface area is 174 Å². The third-order valence-corrected chi connectivity index (χ3v) is 4.35. The van der Waals surface area contributed by atoms with Crippen molar-refractivity contribution in [1.29, 1.82) is 0 Å². The van der Waals surface area contributed by atoms with Crippen LogP contribution in [0.3, 0.4) is 0 Å². The summed E-state index contributed by atoms with van der Waals surface area (Å²) >= 11 is 5.66. The molecule has 0 bridgehead atoms. The van der Waals surface area contributed by atoms with Crippen LogP contribution >= 0.6 is 11.6 Å². The lowest BCUT2D eigenvalue weighted by molar-refractivity contribution is 0.107. The molecule has 5 nitrogen and oxygen atoms in total. The van der Waals surface area contributed by atoms with E-state index in [1.807, 2.05) is 60.7 Å². The zero-order valence-electron chi connectivity index (χ0n) is 15.6. The predicted octanol–water partition coefficient (Wildman–Crippen LogP) is 5.07. The van der Waals surface area contributed by atoms with Gasteiger partial charge in [-0.25, -0.2) is 4.79 Å². The lowest BCUT2D eigenvalue weighted by atomic mass is 10.1. The maximum absolute atomic E-state index is 11.9. The molecule has 1 N–H and O–H groups in total. The molecule has 3 rings (SSSR count). The number of hydrogen-bond acceptors (Lipinski definition) is 4. The average Bonchev–Trinajstić information content (AvgIpc) is 2.76. The van der Waals surface area contributed by atoms with Crippen molar-refractivity contribution in [3.05, 3.63) is 101 Å². The van der Waals surface area contributed by atoms with E-state index in [9.17, 15) is 9.59 Å². The Kier molecular flexibility index (Phi) is 7.25. The van der Waals surface area contributed by atoms with E-state index in [1.165, 1.54) is 0 Å². The van der Waals surface area contributed by atoms with Crippen LogP contribution in [0, 0.1) is 0 Å². The third-order valence-electron chi connectivity index (χ3n) is 4.14. The molecule has 0 radical (unpaired) electrons. The number of hydrogen-bond donors (Lipinski definition) is 1. The molecule has 0 heterocycles. The van der Waals surface area contributed by atoms with Gasteiger partial charge in [-0.1, -0.05) is 66.7 Å². The summed E-state index contributed by atoms with van der Waals surface area (Å²) in [7, 11) is 0. The highest BCUT2D eigenvalue weighted by atomic mass is 35.5. The summed E-state index contributed by atoms with van der Waals surface area (Å²) in [5.74, 6) is 0.366. The summed E-state index contributed by atoms with van der Waals surface area (Å²) in [4.78, 5) is 23.6. The minimum absolute atomic E-state index is 0.192. The molecule has 0 aliphatic carbocycles. The van der Waals surface area contributed by atoms with Crippen molar-refractivity contribution in [2.45, 2.75) is 19.8 Å². The highest BCUT2D eigenvalue weighted by molar-refractivity contribution is 6.68. The smallest absolute Gasteiger partial charge is 0.407 e. The monoisotopic (exact) mass is 409 g/mol. The third kappa shape index (κ3) is 6.36. The van der Waals surface area contributed by atoms with Crippen LogP contribution in [0.2, 0.25) is 0 Å². The van der Waals surface area contributed by atoms with E-state index in [2.05, 4.69) is 5.32 Å². The topological polar surface area (TPSA) is 64.6 Å². The van der Waals surface area contributed by atoms with Crippen LogP contribution in [-0.2, 0) is 24.5 Å². The van der Waals surface area contributed by atoms with E-state index in [0.717, 1.165) is 16.7 Å². The first-order valence-corrected chi connectivity index (χ1v) is 9.43. The number of nitrogens with one attached hydrogen (secondary N) is 1. The van der Waals surface area contributed by atoms with Crippen molar-refractivity contribution in [1.82, 2.24) is 5.32 Å². The second-order valence-corrected chi connectivity index (χ2v) is 6.64. The van der Waals surface area contributed by atoms with E-state index in [4.69, 9.17) is 21.1 Å². The van der Waals surface area contributed by atoms with Crippen LogP contribution in [0.15, 0.2) is 78.9 Å². The van der Waals surface area contributed by atoms with E-state index < -0.39 is 11.3 Å². The number of carbonyl (C=O) groups excluding carboxylic acids is 2. The molecule has 0 aliphatic rings. The minimum Gasteiger partial charge on any atom is -0.488 e. The summed E-state index contributed by atoms with van der Waals surface area (Å²) in [6.45, 7) is 0.720. The fraction of sp³-hybridized carbons (Fsp3) is 0.130. The van der Waals surface area contributed by atoms with Gasteiger partial charge in [0.1, 0.15) is 19.0 Å². The van der Waals surface area contributed by atoms with Crippen LogP contribution < -0.4 is 10.1 Å². The summed E-state index contributed by atoms with van der Waals surface area (Å²) in [5, 5.41) is 2.08. The van der Waals surface area contributed by atoms with Gasteiger partial charge in [-0.2, -0.15) is 0 Å². The van der Waals surface area contributed by atoms with Crippen molar-refractivity contribution < 1.29 is 19.1 Å². The van der Waals surface area contributed by atoms with Crippen molar-refractivity contribution in [2.24, 2.45) is 0 Å². The Morgan fingerprint density at radius 1 is 0.793 bits per heavy atom. The normalized spacial score (nSPS) is 10.2. The van der Waals surface area contributed by atoms with Crippen LogP contribution in [0.25, 0.3) is 0 Å². The van der Waals surface area contributed by atoms with Gasteiger partial charge in [0.2, 0.25) is 0 Å². The molecular weight excluding hydrogens is 390 g/mol. The van der Waals surface area contributed by atoms with E-state index >= 15 is 0 Å². The van der Waals surface area contributed by atoms with E-state index in [-0.39, 0.29) is 18.7 Å². The largest absolute Gasteiger partial charge is 0.488 e. The van der Waals surface area contributed by atoms with Gasteiger partial charge in [-0.3, -0.25) is 4.79 Å². The van der Waals surface area contributed by atoms with E-state index in [0.29, 0.717) is 12.4 Å². The van der Waals surface area contributed by atoms with Gasteiger partial charge in [0.05, 0.1) is 5.56 Å². The lowest BCUT2D eigenvalue weighted by Gasteiger charge is -2.12. The molecule has 148 valence electrons. The predicted molar refractivity (Wildman–Crippen MR) is 111 cm³/mol. The first-order chi connectivity index (χ1) is 14.1. The van der Waals surface area contributed by atoms with Crippen LogP contribution in [0.5, 0.6) is 5.75 Å². The van der Waals surface area contributed by atoms with Crippen molar-refractivity contribution in [2.75, 3.05) is 0 Å². The lowest BCUT2D eigenvalue weighted by Crippen LogP contribution is -2.23. The molecule has 0 saturated carbocycles. The zero-order chi connectivity index (χ0) is 20.5. The van der Waals surface area contributed by atoms with Gasteiger partial charge < -0.3 is 14.8 Å². The number of alkyl carbamates (subject to hydrolysis) is 1. The van der Waals surface area contributed by atoms with Gasteiger partial charge >= 0.3 is 6.09 Å². The SMILES string of the molecule is O=C(NCc1ccc(C(=O)Cl)c(OCc2ccccc2)c1)OCc1ccccc1. The number of ether oxygens (including phenoxy) is 2. The second kappa shape index (κ2) is 10.3. The van der Waals surface area contributed by atoms with Crippen molar-refractivity contribution >= 4 is 22.9 Å². The number of carbonyl (C=O) groups is 2. The van der Waals surface area contributed by atoms with Crippen LogP contribution in [0.4, 0.5) is 4.79 Å². The maximum atomic E-state index is 11.9. The molecule has 1 amide bonds. The van der Waals surface area contributed by atoms with E-state index in [1.54, 1.807) is 18.2 Å². The first kappa shape index (κ1) is 20.4. The highest BCUT2D eigenvalue weighted by Gasteiger charge is 2.12. The summed E-state index contributed by atoms with van der Waals surface area (Å²) in [6.07, 6.45) is -0.530. The molecule has 3 aromatic rings. The molecular formula is C23H20ClNO4. The number of benzene rings is 3. The maximum Gasteiger partial charge on any atom is 0.407 e. The molecule has 0 aromatic heterocycles. The Bertz CT molecular complexity index is 961. The summed E-state index contributed by atoms with van der Waals surface area (Å²) < 4.78 is 11.0. The quantitative estimate of drug-likeness (QED) is 0.527. The summed E-state index contributed by atoms with van der Waals surface area (Å²) in [6, 6.07) is 24.0. The molecule has 0 fully saturated rings. The first-order valence-electron chi connectivity index (χ1n) is 9.06. The van der Waals surface area contributed by atoms with Gasteiger partial charge in [-0.15, -0.1) is 0 Å². The fourth-order valence-electron chi connectivity index (χ4n) is 2.64. The molecule has 3 aromatic carbocycles. The molecule has 0 aliphatic heterocycles. The number of amides is 1. The van der Waals surface area contributed by atoms with Gasteiger partial charge in [0.15, 0.2) is 0 Å². The van der Waals surface area contributed by atoms with Crippen molar-refractivity contribution in [3.8, 4) is 5.75 Å². The van der Waals surface area contributed by atoms with Gasteiger partial charge in [0.25, 0.3) is 5.24 Å². The summed E-state index contributed by atoms with van der Waals surface area (Å²) in [5.41, 5.74) is 2.90. The Hall–Kier alpha value is -3.31. The molecule has 0 spiro atoms. The molecule has 0 saturated heterocycles. The number of halogens is 1. The van der Waals surface area contributed by atoms with Crippen LogP contribution in [-0.4, -0.2) is 11.3 Å². The van der Waals surface area contributed by atoms with Crippen LogP contribution in [0.1, 0.15) is 27.0 Å². The Balaban J connectivity index is 1.58. The number of rotatable bonds is 8. The Morgan fingerprint density at radius 3 is 2.03 bits per heavy atom. The average molecular weight is 410 g/mol. The zero-order valence-corrected chi connectivity index (χ0v) is 16.4. The van der Waals surface area contributed by atoms with Gasteiger partial charge in [0, 0.05) is 6.54 Å². The molecule has 6 heteroatoms. The van der Waals surface area contributed by atoms with Gasteiger partial charge in [-0.05, 0) is 40.4 Å². The molecule has 29 heavy (non-hydrogen) atoms. The molecule has 0 atom stereocenters. The molecule has 0 unspecified atom stereocenters. The highest BCUT2D eigenvalue weighted by Crippen LogP contribution is 2.23. The van der Waals surface area contributed by atoms with Crippen molar-refractivity contribution in [3.63, 3.8) is 0 Å². The Morgan fingerprint density at radius 2 is 1.41 bits per heavy atom. The standard InChI is InChI=1S/C23H20ClNO4/c24-22(26)20-12-11-19(13-21(20)28-15-17-7-3-1-4-8-17)14-25-23(27)29-16-18-9-5-2-6-10-18/h1-13H,14-16H2,(H,25,27).